The number of nitrogen functional groups attached to an aromatic ring is 1. The Kier molecular flexibility index (Phi) is 9.27. The molecule has 218 valence electrons. The summed E-state index contributed by atoms with van der Waals surface area (Å²) in [6.07, 6.45) is 3.80. The molecule has 0 bridgehead atoms. The molecule has 1 atom stereocenters. The quantitative estimate of drug-likeness (QED) is 0.204. The summed E-state index contributed by atoms with van der Waals surface area (Å²) >= 11 is 0. The van der Waals surface area contributed by atoms with Crippen molar-refractivity contribution in [1.29, 1.82) is 0 Å². The van der Waals surface area contributed by atoms with Gasteiger partial charge in [0.15, 0.2) is 17.4 Å². The average molecular weight is 574 g/mol. The molecular formula is C30H31F4N3O4. The van der Waals surface area contributed by atoms with Gasteiger partial charge in [-0.2, -0.15) is 0 Å². The Morgan fingerprint density at radius 1 is 0.976 bits per heavy atom. The van der Waals surface area contributed by atoms with Crippen molar-refractivity contribution in [1.82, 2.24) is 9.88 Å². The number of halogens is 4. The van der Waals surface area contributed by atoms with Gasteiger partial charge in [0.2, 0.25) is 0 Å². The van der Waals surface area contributed by atoms with Crippen LogP contribution in [0.2, 0.25) is 0 Å². The first kappa shape index (κ1) is 30.0. The summed E-state index contributed by atoms with van der Waals surface area (Å²) in [5.41, 5.74) is 3.59. The van der Waals surface area contributed by atoms with Crippen molar-refractivity contribution in [3.63, 3.8) is 0 Å². The van der Waals surface area contributed by atoms with Crippen LogP contribution in [-0.2, 0) is 16.0 Å². The van der Waals surface area contributed by atoms with Crippen molar-refractivity contribution < 1.29 is 31.9 Å². The van der Waals surface area contributed by atoms with Gasteiger partial charge in [-0.3, -0.25) is 19.0 Å². The summed E-state index contributed by atoms with van der Waals surface area (Å²) in [6.45, 7) is 3.95. The van der Waals surface area contributed by atoms with E-state index in [9.17, 15) is 23.2 Å². The monoisotopic (exact) mass is 573 g/mol. The van der Waals surface area contributed by atoms with E-state index in [2.05, 4.69) is 5.32 Å². The van der Waals surface area contributed by atoms with Gasteiger partial charge in [0.05, 0.1) is 11.1 Å². The fourth-order valence-corrected chi connectivity index (χ4v) is 4.98. The standard InChI is InChI=1S/C30H31F4N3O4/c1-16(2)26(30(40)41-19-5-3-4-6-19)36-12-11-17-13-23(33)27(24(34)14-17)37-25(38)10-9-21(29(37)35)28(39)20-8-7-18(31)15-22(20)32/h7-10,13-16,19,26,36H,3-6,11-12,35H2,1-2H3/t26-/m0/s1. The first-order chi connectivity index (χ1) is 19.5. The van der Waals surface area contributed by atoms with Crippen LogP contribution in [0.4, 0.5) is 23.4 Å². The van der Waals surface area contributed by atoms with E-state index >= 15 is 8.78 Å². The first-order valence-electron chi connectivity index (χ1n) is 13.4. The smallest absolute Gasteiger partial charge is 0.323 e. The topological polar surface area (TPSA) is 103 Å². The normalized spacial score (nSPS) is 14.4. The number of benzene rings is 2. The molecule has 0 saturated heterocycles. The number of anilines is 1. The predicted molar refractivity (Wildman–Crippen MR) is 145 cm³/mol. The number of ether oxygens (including phenoxy) is 1. The number of rotatable bonds is 10. The minimum atomic E-state index is -1.16. The van der Waals surface area contributed by atoms with E-state index in [4.69, 9.17) is 10.5 Å². The molecule has 11 heteroatoms. The van der Waals surface area contributed by atoms with Crippen LogP contribution in [0.15, 0.2) is 47.3 Å². The van der Waals surface area contributed by atoms with Crippen LogP contribution in [0.25, 0.3) is 5.69 Å². The lowest BCUT2D eigenvalue weighted by Gasteiger charge is -2.23. The second-order valence-corrected chi connectivity index (χ2v) is 10.4. The van der Waals surface area contributed by atoms with Gasteiger partial charge in [0.25, 0.3) is 5.56 Å². The number of ketones is 1. The number of nitrogens with two attached hydrogens (primary N) is 1. The minimum absolute atomic E-state index is 0.0760. The van der Waals surface area contributed by atoms with E-state index in [1.807, 2.05) is 13.8 Å². The molecule has 1 saturated carbocycles. The molecule has 7 nitrogen and oxygen atoms in total. The van der Waals surface area contributed by atoms with Crippen molar-refractivity contribution in [2.45, 2.75) is 58.1 Å². The highest BCUT2D eigenvalue weighted by molar-refractivity contribution is 6.11. The highest BCUT2D eigenvalue weighted by Gasteiger charge is 2.28. The predicted octanol–water partition coefficient (Wildman–Crippen LogP) is 4.85. The maximum Gasteiger partial charge on any atom is 0.323 e. The largest absolute Gasteiger partial charge is 0.461 e. The lowest BCUT2D eigenvalue weighted by atomic mass is 10.0. The highest BCUT2D eigenvalue weighted by Crippen LogP contribution is 2.26. The molecule has 1 heterocycles. The van der Waals surface area contributed by atoms with Crippen molar-refractivity contribution in [3.8, 4) is 5.69 Å². The summed E-state index contributed by atoms with van der Waals surface area (Å²) in [5, 5.41) is 3.10. The van der Waals surface area contributed by atoms with Gasteiger partial charge in [-0.05, 0) is 80.5 Å². The van der Waals surface area contributed by atoms with Gasteiger partial charge in [0.1, 0.15) is 35.3 Å². The zero-order valence-electron chi connectivity index (χ0n) is 22.7. The van der Waals surface area contributed by atoms with E-state index in [0.717, 1.165) is 62.1 Å². The summed E-state index contributed by atoms with van der Waals surface area (Å²) in [4.78, 5) is 38.2. The molecule has 4 rings (SSSR count). The number of carbonyl (C=O) groups is 2. The molecule has 2 aromatic carbocycles. The lowest BCUT2D eigenvalue weighted by molar-refractivity contribution is -0.152. The molecule has 1 aliphatic rings. The molecule has 1 aliphatic carbocycles. The van der Waals surface area contributed by atoms with Gasteiger partial charge >= 0.3 is 5.97 Å². The van der Waals surface area contributed by atoms with Crippen LogP contribution >= 0.6 is 0 Å². The average Bonchev–Trinajstić information content (AvgIpc) is 3.40. The Balaban J connectivity index is 1.54. The number of aromatic nitrogens is 1. The van der Waals surface area contributed by atoms with Crippen LogP contribution < -0.4 is 16.6 Å². The number of hydrogen-bond donors (Lipinski definition) is 2. The van der Waals surface area contributed by atoms with E-state index in [-0.39, 0.29) is 36.5 Å². The minimum Gasteiger partial charge on any atom is -0.461 e. The van der Waals surface area contributed by atoms with Crippen LogP contribution in [-0.4, -0.2) is 35.0 Å². The van der Waals surface area contributed by atoms with Gasteiger partial charge in [0, 0.05) is 12.1 Å². The molecular weight excluding hydrogens is 542 g/mol. The molecule has 3 N–H and O–H groups in total. The highest BCUT2D eigenvalue weighted by atomic mass is 19.1. The van der Waals surface area contributed by atoms with Gasteiger partial charge in [-0.25, -0.2) is 17.6 Å². The summed E-state index contributed by atoms with van der Waals surface area (Å²) in [5.74, 6) is -6.34. The molecule has 41 heavy (non-hydrogen) atoms. The summed E-state index contributed by atoms with van der Waals surface area (Å²) in [6, 6.07) is 5.64. The Labute approximate surface area is 234 Å². The van der Waals surface area contributed by atoms with Gasteiger partial charge < -0.3 is 15.8 Å². The molecule has 0 radical (unpaired) electrons. The lowest BCUT2D eigenvalue weighted by Crippen LogP contribution is -2.44. The fraction of sp³-hybridized carbons (Fsp3) is 0.367. The molecule has 1 fully saturated rings. The third-order valence-electron chi connectivity index (χ3n) is 7.13. The maximum atomic E-state index is 15.3. The Morgan fingerprint density at radius 2 is 1.61 bits per heavy atom. The molecule has 1 aromatic heterocycles. The Hall–Kier alpha value is -3.99. The molecule has 3 aromatic rings. The van der Waals surface area contributed by atoms with Crippen molar-refractivity contribution in [3.05, 3.63) is 92.8 Å². The zero-order chi connectivity index (χ0) is 29.8. The number of pyridine rings is 1. The van der Waals surface area contributed by atoms with Crippen molar-refractivity contribution in [2.24, 2.45) is 5.92 Å². The van der Waals surface area contributed by atoms with E-state index < -0.39 is 63.3 Å². The van der Waals surface area contributed by atoms with Crippen molar-refractivity contribution >= 4 is 17.6 Å². The maximum absolute atomic E-state index is 15.3. The SMILES string of the molecule is CC(C)[C@H](NCCc1cc(F)c(-n2c(N)c(C(=O)c3ccc(F)cc3F)ccc2=O)c(F)c1)C(=O)OC1CCCC1. The molecule has 0 amide bonds. The van der Waals surface area contributed by atoms with Crippen molar-refractivity contribution in [2.75, 3.05) is 12.3 Å². The second-order valence-electron chi connectivity index (χ2n) is 10.4. The van der Waals surface area contributed by atoms with Crippen LogP contribution in [0, 0.1) is 29.2 Å². The van der Waals surface area contributed by atoms with E-state index in [0.29, 0.717) is 10.6 Å². The molecule has 0 aliphatic heterocycles. The molecule has 0 unspecified atom stereocenters. The van der Waals surface area contributed by atoms with Crippen LogP contribution in [0.1, 0.15) is 61.0 Å². The second kappa shape index (κ2) is 12.7. The number of hydrogen-bond acceptors (Lipinski definition) is 6. The number of nitrogens with one attached hydrogen (secondary N) is 1. The number of carbonyl (C=O) groups excluding carboxylic acids is 2. The van der Waals surface area contributed by atoms with Crippen LogP contribution in [0.3, 0.4) is 0 Å². The Bertz CT molecular complexity index is 1490. The third-order valence-corrected chi connectivity index (χ3v) is 7.13. The number of esters is 1. The third kappa shape index (κ3) is 6.67. The van der Waals surface area contributed by atoms with Gasteiger partial charge in [-0.1, -0.05) is 13.8 Å². The van der Waals surface area contributed by atoms with Gasteiger partial charge in [-0.15, -0.1) is 0 Å². The first-order valence-corrected chi connectivity index (χ1v) is 13.4. The number of nitrogens with zero attached hydrogens (tertiary/aromatic N) is 1. The fourth-order valence-electron chi connectivity index (χ4n) is 4.98. The van der Waals surface area contributed by atoms with E-state index in [1.54, 1.807) is 0 Å². The molecule has 0 spiro atoms. The zero-order valence-corrected chi connectivity index (χ0v) is 22.7. The summed E-state index contributed by atoms with van der Waals surface area (Å²) in [7, 11) is 0. The Morgan fingerprint density at radius 3 is 2.22 bits per heavy atom. The van der Waals surface area contributed by atoms with Crippen LogP contribution in [0.5, 0.6) is 0 Å². The summed E-state index contributed by atoms with van der Waals surface area (Å²) < 4.78 is 64.1. The van der Waals surface area contributed by atoms with E-state index in [1.165, 1.54) is 0 Å².